The Morgan fingerprint density at radius 1 is 1.50 bits per heavy atom. The van der Waals surface area contributed by atoms with Crippen molar-refractivity contribution in [2.75, 3.05) is 6.61 Å². The Hall–Kier alpha value is -1.84. The number of hydrogen-bond acceptors (Lipinski definition) is 4. The van der Waals surface area contributed by atoms with Crippen molar-refractivity contribution >= 4 is 27.5 Å². The number of ether oxygens (including phenoxy) is 1. The fraction of sp³-hybridized carbons (Fsp3) is 0.300. The van der Waals surface area contributed by atoms with E-state index in [4.69, 9.17) is 15.9 Å². The Morgan fingerprint density at radius 3 is 2.55 bits per heavy atom. The van der Waals surface area contributed by atoms with E-state index in [2.05, 4.69) is 15.9 Å². The van der Waals surface area contributed by atoms with E-state index in [1.165, 1.54) is 12.1 Å². The van der Waals surface area contributed by atoms with Gasteiger partial charge in [-0.3, -0.25) is 15.5 Å². The molecule has 20 heavy (non-hydrogen) atoms. The second kappa shape index (κ2) is 6.07. The first-order valence-electron chi connectivity index (χ1n) is 5.09. The van der Waals surface area contributed by atoms with Crippen LogP contribution in [-0.4, -0.2) is 23.5 Å². The average Bonchev–Trinajstić information content (AvgIpc) is 2.25. The van der Waals surface area contributed by atoms with Gasteiger partial charge < -0.3 is 10.5 Å². The number of nitro groups is 1. The van der Waals surface area contributed by atoms with Crippen LogP contribution in [0.1, 0.15) is 0 Å². The maximum atomic E-state index is 12.5. The zero-order valence-corrected chi connectivity index (χ0v) is 11.4. The van der Waals surface area contributed by atoms with Gasteiger partial charge in [0.05, 0.1) is 11.0 Å². The molecular weight excluding hydrogens is 347 g/mol. The smallest absolute Gasteiger partial charge is 0.401 e. The zero-order chi connectivity index (χ0) is 15.5. The van der Waals surface area contributed by atoms with Gasteiger partial charge in [0.2, 0.25) is 0 Å². The van der Waals surface area contributed by atoms with Gasteiger partial charge in [0, 0.05) is 10.5 Å². The molecule has 1 atom stereocenters. The molecule has 0 aliphatic heterocycles. The molecule has 0 fully saturated rings. The Bertz CT molecular complexity index is 536. The van der Waals surface area contributed by atoms with Crippen LogP contribution in [-0.2, 0) is 0 Å². The van der Waals surface area contributed by atoms with E-state index in [9.17, 15) is 23.3 Å². The SMILES string of the molecule is N=C(N)C(COc1cc(Br)cc([N+](=O)[O-])c1)C(F)(F)F. The molecule has 1 unspecified atom stereocenters. The van der Waals surface area contributed by atoms with Crippen molar-refractivity contribution in [1.29, 1.82) is 5.41 Å². The summed E-state index contributed by atoms with van der Waals surface area (Å²) in [5, 5.41) is 17.5. The molecule has 0 aliphatic carbocycles. The van der Waals surface area contributed by atoms with E-state index in [1.54, 1.807) is 0 Å². The van der Waals surface area contributed by atoms with Crippen LogP contribution in [0.5, 0.6) is 5.75 Å². The van der Waals surface area contributed by atoms with Crippen molar-refractivity contribution in [2.45, 2.75) is 6.18 Å². The molecule has 110 valence electrons. The highest BCUT2D eigenvalue weighted by Gasteiger charge is 2.42. The molecule has 1 rings (SSSR count). The topological polar surface area (TPSA) is 102 Å². The molecule has 0 radical (unpaired) electrons. The first kappa shape index (κ1) is 16.2. The molecule has 0 saturated heterocycles. The average molecular weight is 356 g/mol. The van der Waals surface area contributed by atoms with Crippen molar-refractivity contribution in [1.82, 2.24) is 0 Å². The van der Waals surface area contributed by atoms with Crippen LogP contribution in [0.2, 0.25) is 0 Å². The van der Waals surface area contributed by atoms with E-state index in [-0.39, 0.29) is 15.9 Å². The van der Waals surface area contributed by atoms with Gasteiger partial charge in [0.25, 0.3) is 5.69 Å². The normalized spacial score (nSPS) is 12.8. The van der Waals surface area contributed by atoms with Gasteiger partial charge in [-0.25, -0.2) is 0 Å². The molecular formula is C10H9BrF3N3O3. The highest BCUT2D eigenvalue weighted by atomic mass is 79.9. The third-order valence-electron chi connectivity index (χ3n) is 2.25. The van der Waals surface area contributed by atoms with Crippen molar-refractivity contribution < 1.29 is 22.8 Å². The minimum absolute atomic E-state index is 0.124. The third kappa shape index (κ3) is 4.37. The molecule has 0 aliphatic rings. The maximum Gasteiger partial charge on any atom is 0.401 e. The number of nitrogens with zero attached hydrogens (tertiary/aromatic N) is 1. The van der Waals surface area contributed by atoms with Gasteiger partial charge in [-0.1, -0.05) is 15.9 Å². The second-order valence-electron chi connectivity index (χ2n) is 3.76. The molecule has 6 nitrogen and oxygen atoms in total. The first-order chi connectivity index (χ1) is 9.11. The van der Waals surface area contributed by atoms with Crippen LogP contribution < -0.4 is 10.5 Å². The summed E-state index contributed by atoms with van der Waals surface area (Å²) in [6.45, 7) is -0.924. The number of halogens is 4. The monoisotopic (exact) mass is 355 g/mol. The first-order valence-corrected chi connectivity index (χ1v) is 5.89. The lowest BCUT2D eigenvalue weighted by Crippen LogP contribution is -2.39. The van der Waals surface area contributed by atoms with Crippen LogP contribution >= 0.6 is 15.9 Å². The summed E-state index contributed by atoms with van der Waals surface area (Å²) in [6, 6.07) is 3.44. The molecule has 0 spiro atoms. The summed E-state index contributed by atoms with van der Waals surface area (Å²) in [7, 11) is 0. The minimum atomic E-state index is -4.72. The number of hydrogen-bond donors (Lipinski definition) is 2. The largest absolute Gasteiger partial charge is 0.492 e. The Morgan fingerprint density at radius 2 is 2.10 bits per heavy atom. The summed E-state index contributed by atoms with van der Waals surface area (Å²) in [5.74, 6) is -3.47. The predicted molar refractivity (Wildman–Crippen MR) is 67.8 cm³/mol. The molecule has 0 amide bonds. The Kier molecular flexibility index (Phi) is 4.93. The number of rotatable bonds is 5. The third-order valence-corrected chi connectivity index (χ3v) is 2.71. The van der Waals surface area contributed by atoms with Gasteiger partial charge in [-0.05, 0) is 6.07 Å². The van der Waals surface area contributed by atoms with Crippen molar-refractivity contribution in [3.05, 3.63) is 32.8 Å². The fourth-order valence-corrected chi connectivity index (χ4v) is 1.74. The molecule has 0 saturated carbocycles. The van der Waals surface area contributed by atoms with Gasteiger partial charge >= 0.3 is 6.18 Å². The summed E-state index contributed by atoms with van der Waals surface area (Å²) >= 11 is 2.98. The van der Waals surface area contributed by atoms with Crippen molar-refractivity contribution in [2.24, 2.45) is 11.7 Å². The maximum absolute atomic E-state index is 12.5. The number of alkyl halides is 3. The van der Waals surface area contributed by atoms with Crippen LogP contribution in [0, 0.1) is 21.4 Å². The summed E-state index contributed by atoms with van der Waals surface area (Å²) in [4.78, 5) is 9.90. The molecule has 1 aromatic carbocycles. The highest BCUT2D eigenvalue weighted by Crippen LogP contribution is 2.29. The van der Waals surface area contributed by atoms with E-state index >= 15 is 0 Å². The predicted octanol–water partition coefficient (Wildman–Crippen LogP) is 2.85. The molecule has 10 heteroatoms. The molecule has 1 aromatic rings. The Labute approximate surface area is 119 Å². The highest BCUT2D eigenvalue weighted by molar-refractivity contribution is 9.10. The van der Waals surface area contributed by atoms with E-state index in [0.29, 0.717) is 0 Å². The summed E-state index contributed by atoms with van der Waals surface area (Å²) in [5.41, 5.74) is 4.53. The lowest BCUT2D eigenvalue weighted by atomic mass is 10.1. The molecule has 3 N–H and O–H groups in total. The quantitative estimate of drug-likeness (QED) is 0.367. The van der Waals surface area contributed by atoms with Crippen LogP contribution in [0.15, 0.2) is 22.7 Å². The number of benzene rings is 1. The van der Waals surface area contributed by atoms with Crippen molar-refractivity contribution in [3.63, 3.8) is 0 Å². The minimum Gasteiger partial charge on any atom is -0.492 e. The number of non-ortho nitro benzene ring substituents is 1. The standard InChI is InChI=1S/C10H9BrF3N3O3/c11-5-1-6(17(18)19)3-7(2-5)20-4-8(9(15)16)10(12,13)14/h1-3,8H,4H2,(H3,15,16). The summed E-state index contributed by atoms with van der Waals surface area (Å²) < 4.78 is 42.8. The number of nitrogens with one attached hydrogen (secondary N) is 1. The lowest BCUT2D eigenvalue weighted by Gasteiger charge is -2.19. The number of nitro benzene ring substituents is 1. The van der Waals surface area contributed by atoms with E-state index in [0.717, 1.165) is 6.07 Å². The lowest BCUT2D eigenvalue weighted by molar-refractivity contribution is -0.385. The molecule has 0 bridgehead atoms. The second-order valence-corrected chi connectivity index (χ2v) is 4.68. The molecule has 0 heterocycles. The van der Waals surface area contributed by atoms with Gasteiger partial charge in [0.1, 0.15) is 24.1 Å². The van der Waals surface area contributed by atoms with E-state index < -0.39 is 29.5 Å². The van der Waals surface area contributed by atoms with Crippen LogP contribution in [0.4, 0.5) is 18.9 Å². The van der Waals surface area contributed by atoms with Gasteiger partial charge in [-0.2, -0.15) is 13.2 Å². The molecule has 0 aromatic heterocycles. The van der Waals surface area contributed by atoms with Gasteiger partial charge in [0.15, 0.2) is 0 Å². The van der Waals surface area contributed by atoms with E-state index in [1.807, 2.05) is 0 Å². The Balaban J connectivity index is 2.88. The van der Waals surface area contributed by atoms with Crippen molar-refractivity contribution in [3.8, 4) is 5.75 Å². The van der Waals surface area contributed by atoms with Crippen LogP contribution in [0.3, 0.4) is 0 Å². The summed E-state index contributed by atoms with van der Waals surface area (Å²) in [6.07, 6.45) is -4.72. The fourth-order valence-electron chi connectivity index (χ4n) is 1.28. The number of nitrogens with two attached hydrogens (primary N) is 1. The number of amidine groups is 1. The van der Waals surface area contributed by atoms with Gasteiger partial charge in [-0.15, -0.1) is 0 Å². The van der Waals surface area contributed by atoms with Crippen LogP contribution in [0.25, 0.3) is 0 Å². The zero-order valence-electron chi connectivity index (χ0n) is 9.78.